The molecule has 0 saturated carbocycles. The number of nitrogens with zero attached hydrogens (tertiary/aromatic N) is 4. The fourth-order valence-corrected chi connectivity index (χ4v) is 5.10. The summed E-state index contributed by atoms with van der Waals surface area (Å²) in [5, 5.41) is 5.70. The Hall–Kier alpha value is -4.55. The van der Waals surface area contributed by atoms with Crippen molar-refractivity contribution in [3.63, 3.8) is 0 Å². The number of imidazole rings is 1. The lowest BCUT2D eigenvalue weighted by Gasteiger charge is -2.18. The van der Waals surface area contributed by atoms with Crippen molar-refractivity contribution in [1.29, 1.82) is 0 Å². The monoisotopic (exact) mass is 689 g/mol. The van der Waals surface area contributed by atoms with Crippen LogP contribution in [0, 0.1) is 0 Å². The number of nitrogens with one attached hydrogen (secondary N) is 3. The predicted molar refractivity (Wildman–Crippen MR) is 199 cm³/mol. The van der Waals surface area contributed by atoms with Gasteiger partial charge in [0.25, 0.3) is 5.56 Å². The van der Waals surface area contributed by atoms with Crippen LogP contribution < -0.4 is 16.2 Å². The fraction of sp³-hybridized carbons (Fsp3) is 0.500. The van der Waals surface area contributed by atoms with Crippen LogP contribution in [-0.2, 0) is 14.3 Å². The van der Waals surface area contributed by atoms with Crippen molar-refractivity contribution in [1.82, 2.24) is 35.1 Å². The van der Waals surface area contributed by atoms with Gasteiger partial charge in [0.05, 0.1) is 18.8 Å². The van der Waals surface area contributed by atoms with E-state index in [2.05, 4.69) is 105 Å². The molecule has 1 aliphatic rings. The maximum Gasteiger partial charge on any atom is 0.407 e. The average molecular weight is 690 g/mol. The van der Waals surface area contributed by atoms with Crippen LogP contribution in [0.5, 0.6) is 0 Å². The zero-order chi connectivity index (χ0) is 35.7. The van der Waals surface area contributed by atoms with Crippen LogP contribution in [0.1, 0.15) is 77.4 Å². The quantitative estimate of drug-likeness (QED) is 0.120. The third-order valence-electron chi connectivity index (χ3n) is 7.87. The molecule has 0 aliphatic carbocycles. The highest BCUT2D eigenvalue weighted by Crippen LogP contribution is 2.29. The van der Waals surface area contributed by atoms with Crippen molar-refractivity contribution in [3.8, 4) is 0 Å². The molecule has 3 rings (SSSR count). The summed E-state index contributed by atoms with van der Waals surface area (Å²) in [6.07, 6.45) is 36.2. The van der Waals surface area contributed by atoms with E-state index in [9.17, 15) is 14.4 Å². The first-order valence-electron chi connectivity index (χ1n) is 17.8. The third kappa shape index (κ3) is 16.2. The van der Waals surface area contributed by atoms with E-state index in [0.29, 0.717) is 57.5 Å². The summed E-state index contributed by atoms with van der Waals surface area (Å²) < 4.78 is 13.1. The Balaban J connectivity index is 1.12. The number of hydrogen-bond donors (Lipinski definition) is 3. The second-order valence-electron chi connectivity index (χ2n) is 12.0. The Morgan fingerprint density at radius 1 is 0.900 bits per heavy atom. The smallest absolute Gasteiger partial charge is 0.407 e. The first kappa shape index (κ1) is 39.9. The predicted octanol–water partition coefficient (Wildman–Crippen LogP) is 6.05. The van der Waals surface area contributed by atoms with Gasteiger partial charge in [0.15, 0.2) is 11.2 Å². The minimum atomic E-state index is -0.505. The number of fused-ring (bicyclic) bond motifs is 1. The van der Waals surface area contributed by atoms with Crippen LogP contribution in [0.15, 0.2) is 90.4 Å². The van der Waals surface area contributed by atoms with Gasteiger partial charge < -0.3 is 30.0 Å². The van der Waals surface area contributed by atoms with E-state index < -0.39 is 6.09 Å². The van der Waals surface area contributed by atoms with Crippen molar-refractivity contribution in [2.75, 3.05) is 39.8 Å². The number of likely N-dealkylation sites (N-methyl/N-ethyl adjacent to an activating group) is 1. The largest absolute Gasteiger partial charge is 0.447 e. The zero-order valence-corrected chi connectivity index (χ0v) is 29.7. The standard InChI is InChI=1S/C38H55N7O5/c1-3-4-5-6-7-8-9-10-11-12-13-14-15-16-17-18-19-20-21-22-33(46)39-25-27-44(2)28-26-40-38(48)49-29-32-23-24-34(50-32)45-31-43-35-36(45)41-30-42-37(35)47/h4-5,7-8,10-11,13-14,16-17,19-20,30-32,34H,3,6,9,12,15,18,21-29H2,1-2H3,(H,39,46)(H,40,48)(H,41,42,47)/b5-4+,8-7+,11-10+,14-13+,17-16+,20-19+/t32-,34?/m0/s1. The van der Waals surface area contributed by atoms with Gasteiger partial charge >= 0.3 is 6.09 Å². The number of allylic oxidation sites excluding steroid dienone is 12. The van der Waals surface area contributed by atoms with Gasteiger partial charge in [-0.3, -0.25) is 14.2 Å². The van der Waals surface area contributed by atoms with Crippen molar-refractivity contribution in [2.24, 2.45) is 0 Å². The summed E-state index contributed by atoms with van der Waals surface area (Å²) in [4.78, 5) is 49.1. The number of carbonyl (C=O) groups excluding carboxylic acids is 2. The number of ether oxygens (including phenoxy) is 2. The SMILES string of the molecule is CC/C=C/C/C=C/C/C=C/C/C=C/C/C=C/C/C=C/CCC(=O)NCCN(C)CCNC(=O)OC[C@@H]1CCC(n2cnc3c(=O)[nH]cnc32)O1. The molecule has 0 spiro atoms. The molecule has 0 radical (unpaired) electrons. The lowest BCUT2D eigenvalue weighted by Crippen LogP contribution is -2.38. The van der Waals surface area contributed by atoms with E-state index in [1.54, 1.807) is 10.9 Å². The molecule has 2 amide bonds. The number of aromatic amines is 1. The van der Waals surface area contributed by atoms with Gasteiger partial charge in [-0.2, -0.15) is 0 Å². The summed E-state index contributed by atoms with van der Waals surface area (Å²) in [5.74, 6) is 0.0298. The minimum absolute atomic E-state index is 0.0298. The molecule has 2 aromatic heterocycles. The number of carbonyl (C=O) groups is 2. The molecule has 0 bridgehead atoms. The molecule has 1 unspecified atom stereocenters. The molecular weight excluding hydrogens is 634 g/mol. The minimum Gasteiger partial charge on any atom is -0.447 e. The Labute approximate surface area is 296 Å². The average Bonchev–Trinajstić information content (AvgIpc) is 3.76. The number of amides is 2. The van der Waals surface area contributed by atoms with Gasteiger partial charge in [0.2, 0.25) is 5.91 Å². The summed E-state index contributed by atoms with van der Waals surface area (Å²) >= 11 is 0. The lowest BCUT2D eigenvalue weighted by atomic mass is 10.2. The molecule has 2 aromatic rings. The van der Waals surface area contributed by atoms with Crippen LogP contribution >= 0.6 is 0 Å². The highest BCUT2D eigenvalue weighted by atomic mass is 16.6. The van der Waals surface area contributed by atoms with E-state index in [4.69, 9.17) is 9.47 Å². The molecule has 12 heteroatoms. The summed E-state index contributed by atoms with van der Waals surface area (Å²) in [6, 6.07) is 0. The summed E-state index contributed by atoms with van der Waals surface area (Å²) in [6.45, 7) is 4.52. The highest BCUT2D eigenvalue weighted by molar-refractivity contribution is 5.76. The summed E-state index contributed by atoms with van der Waals surface area (Å²) in [5.41, 5.74) is 0.424. The number of hydrogen-bond acceptors (Lipinski definition) is 8. The molecule has 1 aliphatic heterocycles. The molecule has 272 valence electrons. The number of H-pyrrole nitrogens is 1. The van der Waals surface area contributed by atoms with Crippen LogP contribution in [0.2, 0.25) is 0 Å². The van der Waals surface area contributed by atoms with Gasteiger partial charge in [-0.25, -0.2) is 14.8 Å². The molecule has 3 heterocycles. The fourth-order valence-electron chi connectivity index (χ4n) is 5.10. The number of aromatic nitrogens is 4. The second-order valence-corrected chi connectivity index (χ2v) is 12.0. The first-order valence-corrected chi connectivity index (χ1v) is 17.8. The molecule has 1 fully saturated rings. The highest BCUT2D eigenvalue weighted by Gasteiger charge is 2.29. The van der Waals surface area contributed by atoms with E-state index in [1.165, 1.54) is 6.33 Å². The van der Waals surface area contributed by atoms with E-state index in [0.717, 1.165) is 38.5 Å². The Bertz CT molecular complexity index is 1520. The molecule has 3 N–H and O–H groups in total. The molecule has 50 heavy (non-hydrogen) atoms. The van der Waals surface area contributed by atoms with Gasteiger partial charge in [-0.05, 0) is 64.8 Å². The Kier molecular flexibility index (Phi) is 19.6. The summed E-state index contributed by atoms with van der Waals surface area (Å²) in [7, 11) is 1.94. The van der Waals surface area contributed by atoms with Crippen LogP contribution in [0.3, 0.4) is 0 Å². The molecule has 2 atom stereocenters. The molecule has 1 saturated heterocycles. The van der Waals surface area contributed by atoms with Crippen molar-refractivity contribution in [3.05, 3.63) is 95.9 Å². The van der Waals surface area contributed by atoms with Crippen molar-refractivity contribution < 1.29 is 19.1 Å². The van der Waals surface area contributed by atoms with Crippen molar-refractivity contribution >= 4 is 23.2 Å². The maximum atomic E-state index is 12.2. The van der Waals surface area contributed by atoms with E-state index in [1.807, 2.05) is 11.9 Å². The third-order valence-corrected chi connectivity index (χ3v) is 7.87. The zero-order valence-electron chi connectivity index (χ0n) is 29.7. The molecular formula is C38H55N7O5. The topological polar surface area (TPSA) is 143 Å². The van der Waals surface area contributed by atoms with E-state index in [-0.39, 0.29) is 35.9 Å². The van der Waals surface area contributed by atoms with Gasteiger partial charge in [-0.15, -0.1) is 0 Å². The Morgan fingerprint density at radius 3 is 2.14 bits per heavy atom. The van der Waals surface area contributed by atoms with Gasteiger partial charge in [0.1, 0.15) is 12.8 Å². The molecule has 12 nitrogen and oxygen atoms in total. The lowest BCUT2D eigenvalue weighted by molar-refractivity contribution is -0.121. The maximum absolute atomic E-state index is 12.2. The van der Waals surface area contributed by atoms with Crippen molar-refractivity contribution in [2.45, 2.75) is 83.5 Å². The van der Waals surface area contributed by atoms with Gasteiger partial charge in [-0.1, -0.05) is 79.8 Å². The second kappa shape index (κ2) is 24.6. The Morgan fingerprint density at radius 2 is 1.50 bits per heavy atom. The first-order chi connectivity index (χ1) is 24.5. The number of rotatable bonds is 23. The van der Waals surface area contributed by atoms with Crippen LogP contribution in [0.25, 0.3) is 11.2 Å². The van der Waals surface area contributed by atoms with E-state index >= 15 is 0 Å². The van der Waals surface area contributed by atoms with Crippen LogP contribution in [0.4, 0.5) is 4.79 Å². The number of alkyl carbamates (subject to hydrolysis) is 1. The van der Waals surface area contributed by atoms with Crippen LogP contribution in [-0.4, -0.2) is 82.4 Å². The molecule has 0 aromatic carbocycles. The van der Waals surface area contributed by atoms with Gasteiger partial charge in [0, 0.05) is 32.6 Å². The normalized spacial score (nSPS) is 16.9.